The Morgan fingerprint density at radius 1 is 1.25 bits per heavy atom. The third kappa shape index (κ3) is 6.89. The number of amides is 1. The molecule has 0 rings (SSSR count). The van der Waals surface area contributed by atoms with Crippen LogP contribution in [-0.4, -0.2) is 36.7 Å². The number of aliphatic carboxylic acids is 1. The van der Waals surface area contributed by atoms with Gasteiger partial charge in [-0.3, -0.25) is 9.59 Å². The first-order chi connectivity index (χ1) is 9.38. The summed E-state index contributed by atoms with van der Waals surface area (Å²) >= 11 is 0. The number of hydrogen-bond donors (Lipinski definition) is 2. The third-order valence-electron chi connectivity index (χ3n) is 3.54. The van der Waals surface area contributed by atoms with E-state index in [-0.39, 0.29) is 12.3 Å². The van der Waals surface area contributed by atoms with E-state index in [1.165, 1.54) is 0 Å². The minimum atomic E-state index is -0.932. The highest BCUT2D eigenvalue weighted by molar-refractivity contribution is 5.84. The van der Waals surface area contributed by atoms with Gasteiger partial charge in [-0.1, -0.05) is 27.7 Å². The van der Waals surface area contributed by atoms with Crippen molar-refractivity contribution in [3.05, 3.63) is 0 Å². The van der Waals surface area contributed by atoms with Gasteiger partial charge in [-0.05, 0) is 25.2 Å². The fourth-order valence-electron chi connectivity index (χ4n) is 1.97. The van der Waals surface area contributed by atoms with Gasteiger partial charge in [-0.2, -0.15) is 0 Å². The molecule has 0 spiro atoms. The molecule has 0 aliphatic carbocycles. The van der Waals surface area contributed by atoms with Crippen molar-refractivity contribution < 1.29 is 19.4 Å². The standard InChI is InChI=1S/C15H29NO4/c1-5-15(6-2,14(18)19)10-13(17)16-8-7-9-20-11-12(3)4/h12H,5-11H2,1-4H3,(H,16,17)(H,18,19). The van der Waals surface area contributed by atoms with Crippen molar-refractivity contribution in [3.8, 4) is 0 Å². The number of carboxylic acid groups (broad SMARTS) is 1. The minimum absolute atomic E-state index is 0.0438. The first-order valence-electron chi connectivity index (χ1n) is 7.45. The van der Waals surface area contributed by atoms with E-state index >= 15 is 0 Å². The molecule has 0 bridgehead atoms. The summed E-state index contributed by atoms with van der Waals surface area (Å²) in [6, 6.07) is 0. The molecule has 118 valence electrons. The molecule has 20 heavy (non-hydrogen) atoms. The summed E-state index contributed by atoms with van der Waals surface area (Å²) in [5, 5.41) is 12.0. The van der Waals surface area contributed by atoms with Gasteiger partial charge in [-0.15, -0.1) is 0 Å². The molecule has 0 heterocycles. The number of nitrogens with one attached hydrogen (secondary N) is 1. The predicted octanol–water partition coefficient (Wildman–Crippen LogP) is 2.45. The third-order valence-corrected chi connectivity index (χ3v) is 3.54. The van der Waals surface area contributed by atoms with Crippen molar-refractivity contribution in [2.75, 3.05) is 19.8 Å². The van der Waals surface area contributed by atoms with Crippen LogP contribution in [0.2, 0.25) is 0 Å². The maximum Gasteiger partial charge on any atom is 0.310 e. The Morgan fingerprint density at radius 2 is 1.85 bits per heavy atom. The van der Waals surface area contributed by atoms with Crippen molar-refractivity contribution in [2.24, 2.45) is 11.3 Å². The Bertz CT molecular complexity index is 298. The van der Waals surface area contributed by atoms with Gasteiger partial charge in [0.25, 0.3) is 0 Å². The first kappa shape index (κ1) is 18.9. The lowest BCUT2D eigenvalue weighted by atomic mass is 9.79. The summed E-state index contributed by atoms with van der Waals surface area (Å²) in [5.41, 5.74) is -0.932. The van der Waals surface area contributed by atoms with E-state index in [0.29, 0.717) is 31.9 Å². The molecule has 0 aliphatic rings. The molecule has 0 aromatic carbocycles. The van der Waals surface area contributed by atoms with Gasteiger partial charge in [-0.25, -0.2) is 0 Å². The first-order valence-corrected chi connectivity index (χ1v) is 7.45. The lowest BCUT2D eigenvalue weighted by Crippen LogP contribution is -2.37. The van der Waals surface area contributed by atoms with Crippen molar-refractivity contribution in [1.82, 2.24) is 5.32 Å². The average molecular weight is 287 g/mol. The molecular weight excluding hydrogens is 258 g/mol. The van der Waals surface area contributed by atoms with Gasteiger partial charge < -0.3 is 15.2 Å². The van der Waals surface area contributed by atoms with Crippen molar-refractivity contribution in [3.63, 3.8) is 0 Å². The van der Waals surface area contributed by atoms with Gasteiger partial charge >= 0.3 is 5.97 Å². The Balaban J connectivity index is 3.95. The highest BCUT2D eigenvalue weighted by Gasteiger charge is 2.36. The summed E-state index contributed by atoms with van der Waals surface area (Å²) < 4.78 is 5.41. The van der Waals surface area contributed by atoms with Crippen LogP contribution >= 0.6 is 0 Å². The molecule has 0 saturated carbocycles. The number of ether oxygens (including phenoxy) is 1. The topological polar surface area (TPSA) is 75.6 Å². The van der Waals surface area contributed by atoms with Gasteiger partial charge in [0.15, 0.2) is 0 Å². The lowest BCUT2D eigenvalue weighted by molar-refractivity contribution is -0.152. The smallest absolute Gasteiger partial charge is 0.310 e. The average Bonchev–Trinajstić information content (AvgIpc) is 2.39. The van der Waals surface area contributed by atoms with Crippen LogP contribution in [0.3, 0.4) is 0 Å². The number of carbonyl (C=O) groups is 2. The summed E-state index contributed by atoms with van der Waals surface area (Å²) in [6.45, 7) is 9.66. The summed E-state index contributed by atoms with van der Waals surface area (Å²) in [5.74, 6) is -0.576. The van der Waals surface area contributed by atoms with E-state index in [1.54, 1.807) is 0 Å². The highest BCUT2D eigenvalue weighted by atomic mass is 16.5. The van der Waals surface area contributed by atoms with Crippen LogP contribution in [0.15, 0.2) is 0 Å². The van der Waals surface area contributed by atoms with Crippen molar-refractivity contribution in [2.45, 2.75) is 53.4 Å². The Hall–Kier alpha value is -1.10. The van der Waals surface area contributed by atoms with Crippen LogP contribution in [-0.2, 0) is 14.3 Å². The second kappa shape index (κ2) is 9.75. The molecule has 1 amide bonds. The molecule has 5 heteroatoms. The number of hydrogen-bond acceptors (Lipinski definition) is 3. The fourth-order valence-corrected chi connectivity index (χ4v) is 1.97. The molecule has 2 N–H and O–H groups in total. The molecule has 0 atom stereocenters. The normalized spacial score (nSPS) is 11.7. The second-order valence-electron chi connectivity index (χ2n) is 5.64. The van der Waals surface area contributed by atoms with Crippen LogP contribution in [0.4, 0.5) is 0 Å². The highest BCUT2D eigenvalue weighted by Crippen LogP contribution is 2.30. The van der Waals surface area contributed by atoms with Crippen LogP contribution < -0.4 is 5.32 Å². The summed E-state index contributed by atoms with van der Waals surface area (Å²) in [4.78, 5) is 23.1. The van der Waals surface area contributed by atoms with Gasteiger partial charge in [0.1, 0.15) is 0 Å². The Morgan fingerprint density at radius 3 is 2.30 bits per heavy atom. The molecule has 0 aliphatic heterocycles. The van der Waals surface area contributed by atoms with E-state index in [4.69, 9.17) is 4.74 Å². The largest absolute Gasteiger partial charge is 0.481 e. The zero-order valence-electron chi connectivity index (χ0n) is 13.2. The molecular formula is C15H29NO4. The molecule has 0 unspecified atom stereocenters. The van der Waals surface area contributed by atoms with E-state index < -0.39 is 11.4 Å². The van der Waals surface area contributed by atoms with Crippen molar-refractivity contribution in [1.29, 1.82) is 0 Å². The molecule has 0 radical (unpaired) electrons. The van der Waals surface area contributed by atoms with Crippen LogP contribution in [0.1, 0.15) is 53.4 Å². The lowest BCUT2D eigenvalue weighted by Gasteiger charge is -2.25. The maximum atomic E-state index is 11.8. The van der Waals surface area contributed by atoms with Crippen LogP contribution in [0, 0.1) is 11.3 Å². The van der Waals surface area contributed by atoms with Crippen molar-refractivity contribution >= 4 is 11.9 Å². The summed E-state index contributed by atoms with van der Waals surface area (Å²) in [6.07, 6.45) is 1.71. The van der Waals surface area contributed by atoms with Gasteiger partial charge in [0, 0.05) is 26.2 Å². The van der Waals surface area contributed by atoms with Crippen LogP contribution in [0.5, 0.6) is 0 Å². The maximum absolute atomic E-state index is 11.8. The van der Waals surface area contributed by atoms with E-state index in [2.05, 4.69) is 19.2 Å². The monoisotopic (exact) mass is 287 g/mol. The predicted molar refractivity (Wildman–Crippen MR) is 78.6 cm³/mol. The molecule has 0 aromatic heterocycles. The number of rotatable bonds is 11. The van der Waals surface area contributed by atoms with E-state index in [1.807, 2.05) is 13.8 Å². The van der Waals surface area contributed by atoms with E-state index in [9.17, 15) is 14.7 Å². The molecule has 0 aromatic rings. The van der Waals surface area contributed by atoms with Crippen LogP contribution in [0.25, 0.3) is 0 Å². The Labute approximate surface area is 122 Å². The Kier molecular flexibility index (Phi) is 9.21. The van der Waals surface area contributed by atoms with Gasteiger partial charge in [0.2, 0.25) is 5.91 Å². The molecule has 0 fully saturated rings. The number of carbonyl (C=O) groups excluding carboxylic acids is 1. The van der Waals surface area contributed by atoms with E-state index in [0.717, 1.165) is 13.0 Å². The fraction of sp³-hybridized carbons (Fsp3) is 0.867. The minimum Gasteiger partial charge on any atom is -0.481 e. The SMILES string of the molecule is CCC(CC)(CC(=O)NCCCOCC(C)C)C(=O)O. The second-order valence-corrected chi connectivity index (χ2v) is 5.64. The molecule has 0 saturated heterocycles. The summed E-state index contributed by atoms with van der Waals surface area (Å²) in [7, 11) is 0. The number of carboxylic acids is 1. The quantitative estimate of drug-likeness (QED) is 0.572. The zero-order valence-corrected chi connectivity index (χ0v) is 13.2. The van der Waals surface area contributed by atoms with Gasteiger partial charge in [0.05, 0.1) is 5.41 Å². The molecule has 5 nitrogen and oxygen atoms in total. The zero-order chi connectivity index (χ0) is 15.6.